The van der Waals surface area contributed by atoms with Crippen LogP contribution in [0.4, 0.5) is 13.2 Å². The second-order valence-electron chi connectivity index (χ2n) is 6.13. The maximum Gasteiger partial charge on any atom is 0.401 e. The quantitative estimate of drug-likeness (QED) is 0.229. The van der Waals surface area contributed by atoms with E-state index in [9.17, 15) is 13.2 Å². The van der Waals surface area contributed by atoms with Gasteiger partial charge in [0.25, 0.3) is 0 Å². The lowest BCUT2D eigenvalue weighted by molar-refractivity contribution is -0.146. The number of rotatable bonds is 9. The molecule has 0 aromatic carbocycles. The van der Waals surface area contributed by atoms with Gasteiger partial charge in [-0.25, -0.2) is 0 Å². The number of nitrogens with one attached hydrogen (secondary N) is 1. The molecule has 1 aliphatic heterocycles. The van der Waals surface area contributed by atoms with Gasteiger partial charge in [-0.1, -0.05) is 6.92 Å². The van der Waals surface area contributed by atoms with E-state index in [0.29, 0.717) is 13.1 Å². The molecule has 1 unspecified atom stereocenters. The summed E-state index contributed by atoms with van der Waals surface area (Å²) in [6.07, 6.45) is -0.0749. The third kappa shape index (κ3) is 10.7. The number of thioether (sulfide) groups is 1. The van der Waals surface area contributed by atoms with Crippen LogP contribution in [0.5, 0.6) is 0 Å². The lowest BCUT2D eigenvalue weighted by Gasteiger charge is -2.26. The lowest BCUT2D eigenvalue weighted by Crippen LogP contribution is -2.42. The summed E-state index contributed by atoms with van der Waals surface area (Å²) in [6.45, 7) is 7.17. The number of hydrogen-bond donors (Lipinski definition) is 1. The summed E-state index contributed by atoms with van der Waals surface area (Å²) in [7, 11) is 0. The predicted molar refractivity (Wildman–Crippen MR) is 112 cm³/mol. The fraction of sp³-hybridized carbons (Fsp3) is 0.938. The third-order valence-electron chi connectivity index (χ3n) is 4.05. The fourth-order valence-electron chi connectivity index (χ4n) is 2.92. The van der Waals surface area contributed by atoms with Gasteiger partial charge in [-0.2, -0.15) is 24.9 Å². The van der Waals surface area contributed by atoms with Gasteiger partial charge in [0.15, 0.2) is 5.96 Å². The third-order valence-corrected chi connectivity index (χ3v) is 4.75. The van der Waals surface area contributed by atoms with Crippen molar-refractivity contribution >= 4 is 41.7 Å². The van der Waals surface area contributed by atoms with Crippen LogP contribution in [0.1, 0.15) is 26.7 Å². The number of alkyl halides is 3. The number of nitrogens with zero attached hydrogens (tertiary/aromatic N) is 3. The van der Waals surface area contributed by atoms with Gasteiger partial charge in [-0.05, 0) is 44.2 Å². The first kappa shape index (κ1) is 25.1. The Labute approximate surface area is 171 Å². The first-order chi connectivity index (χ1) is 11.4. The molecule has 1 saturated heterocycles. The molecule has 0 bridgehead atoms. The Bertz CT molecular complexity index is 383. The van der Waals surface area contributed by atoms with Crippen molar-refractivity contribution in [2.75, 3.05) is 57.8 Å². The summed E-state index contributed by atoms with van der Waals surface area (Å²) in [6, 6.07) is 0. The van der Waals surface area contributed by atoms with Gasteiger partial charge >= 0.3 is 6.18 Å². The van der Waals surface area contributed by atoms with Crippen LogP contribution >= 0.6 is 35.7 Å². The molecule has 1 rings (SSSR count). The summed E-state index contributed by atoms with van der Waals surface area (Å²) in [4.78, 5) is 8.34. The summed E-state index contributed by atoms with van der Waals surface area (Å²) >= 11 is 1.81. The number of guanidine groups is 1. The van der Waals surface area contributed by atoms with Crippen molar-refractivity contribution in [2.24, 2.45) is 10.9 Å². The summed E-state index contributed by atoms with van der Waals surface area (Å²) in [5.41, 5.74) is 0. The van der Waals surface area contributed by atoms with Crippen LogP contribution in [0.2, 0.25) is 0 Å². The topological polar surface area (TPSA) is 30.9 Å². The van der Waals surface area contributed by atoms with Gasteiger partial charge in [0.05, 0.1) is 6.54 Å². The maximum absolute atomic E-state index is 12.6. The van der Waals surface area contributed by atoms with Crippen molar-refractivity contribution in [2.45, 2.75) is 32.9 Å². The molecule has 1 heterocycles. The molecule has 0 radical (unpaired) electrons. The smallest absolute Gasteiger partial charge is 0.357 e. The number of hydrogen-bond acceptors (Lipinski definition) is 3. The van der Waals surface area contributed by atoms with Crippen molar-refractivity contribution in [3.05, 3.63) is 0 Å². The van der Waals surface area contributed by atoms with E-state index in [1.165, 1.54) is 4.90 Å². The molecular formula is C16H32F3IN4S. The summed E-state index contributed by atoms with van der Waals surface area (Å²) < 4.78 is 37.8. The highest BCUT2D eigenvalue weighted by molar-refractivity contribution is 14.0. The Hall–Kier alpha value is 0.1000. The second-order valence-corrected chi connectivity index (χ2v) is 7.11. The average molecular weight is 496 g/mol. The number of likely N-dealkylation sites (tertiary alicyclic amines) is 1. The molecule has 0 spiro atoms. The van der Waals surface area contributed by atoms with Crippen LogP contribution in [0.15, 0.2) is 4.99 Å². The Kier molecular flexibility index (Phi) is 13.3. The lowest BCUT2D eigenvalue weighted by atomic mass is 10.1. The molecule has 1 fully saturated rings. The normalized spacial score (nSPS) is 18.6. The molecule has 1 N–H and O–H groups in total. The molecule has 4 nitrogen and oxygen atoms in total. The zero-order chi connectivity index (χ0) is 18.0. The highest BCUT2D eigenvalue weighted by atomic mass is 127. The monoisotopic (exact) mass is 496 g/mol. The molecule has 0 saturated carbocycles. The zero-order valence-corrected chi connectivity index (χ0v) is 18.6. The van der Waals surface area contributed by atoms with Gasteiger partial charge in [0.1, 0.15) is 0 Å². The predicted octanol–water partition coefficient (Wildman–Crippen LogP) is 3.53. The maximum atomic E-state index is 12.6. The Morgan fingerprint density at radius 3 is 2.64 bits per heavy atom. The van der Waals surface area contributed by atoms with Gasteiger partial charge in [0.2, 0.25) is 0 Å². The van der Waals surface area contributed by atoms with E-state index < -0.39 is 12.7 Å². The van der Waals surface area contributed by atoms with E-state index in [-0.39, 0.29) is 29.9 Å². The van der Waals surface area contributed by atoms with Gasteiger partial charge in [-0.15, -0.1) is 24.0 Å². The highest BCUT2D eigenvalue weighted by Gasteiger charge is 2.32. The first-order valence-corrected chi connectivity index (χ1v) is 10.1. The molecule has 0 aliphatic carbocycles. The van der Waals surface area contributed by atoms with Crippen molar-refractivity contribution in [3.8, 4) is 0 Å². The van der Waals surface area contributed by atoms with E-state index in [1.807, 2.05) is 18.7 Å². The SMILES string of the molecule is CCNC(=NCCCSC)N1CCC(CN(CC)CC(F)(F)F)C1.I. The van der Waals surface area contributed by atoms with E-state index in [4.69, 9.17) is 0 Å². The molecule has 150 valence electrons. The van der Waals surface area contributed by atoms with Crippen LogP contribution in [0.25, 0.3) is 0 Å². The minimum absolute atomic E-state index is 0. The van der Waals surface area contributed by atoms with Crippen molar-refractivity contribution in [3.63, 3.8) is 0 Å². The molecule has 1 aliphatic rings. The van der Waals surface area contributed by atoms with Gasteiger partial charge in [-0.3, -0.25) is 9.89 Å². The van der Waals surface area contributed by atoms with Crippen LogP contribution < -0.4 is 5.32 Å². The van der Waals surface area contributed by atoms with Gasteiger partial charge in [0, 0.05) is 32.7 Å². The first-order valence-electron chi connectivity index (χ1n) is 8.70. The standard InChI is InChI=1S/C16H31F3N4S.HI/c1-4-20-15(21-8-6-10-24-3)23-9-7-14(12-23)11-22(5-2)13-16(17,18)19;/h14H,4-13H2,1-3H3,(H,20,21);1H. The van der Waals surface area contributed by atoms with Crippen molar-refractivity contribution < 1.29 is 13.2 Å². The van der Waals surface area contributed by atoms with Crippen LogP contribution in [0, 0.1) is 5.92 Å². The largest absolute Gasteiger partial charge is 0.401 e. The van der Waals surface area contributed by atoms with E-state index in [2.05, 4.69) is 21.5 Å². The van der Waals surface area contributed by atoms with Crippen LogP contribution in [-0.2, 0) is 0 Å². The molecular weight excluding hydrogens is 464 g/mol. The zero-order valence-electron chi connectivity index (χ0n) is 15.4. The second kappa shape index (κ2) is 13.3. The van der Waals surface area contributed by atoms with Crippen molar-refractivity contribution in [1.29, 1.82) is 0 Å². The van der Waals surface area contributed by atoms with Crippen LogP contribution in [-0.4, -0.2) is 79.8 Å². The Morgan fingerprint density at radius 1 is 1.36 bits per heavy atom. The Balaban J connectivity index is 0.00000576. The molecule has 0 aromatic heterocycles. The highest BCUT2D eigenvalue weighted by Crippen LogP contribution is 2.21. The minimum atomic E-state index is -4.12. The Morgan fingerprint density at radius 2 is 2.08 bits per heavy atom. The fourth-order valence-corrected chi connectivity index (χ4v) is 3.34. The van der Waals surface area contributed by atoms with Crippen molar-refractivity contribution in [1.82, 2.24) is 15.1 Å². The molecule has 9 heteroatoms. The van der Waals surface area contributed by atoms with E-state index >= 15 is 0 Å². The molecule has 0 aromatic rings. The summed E-state index contributed by atoms with van der Waals surface area (Å²) in [5.74, 6) is 2.26. The van der Waals surface area contributed by atoms with Crippen LogP contribution in [0.3, 0.4) is 0 Å². The number of aliphatic imine (C=N–C) groups is 1. The molecule has 0 amide bonds. The van der Waals surface area contributed by atoms with E-state index in [0.717, 1.165) is 50.7 Å². The van der Waals surface area contributed by atoms with E-state index in [1.54, 1.807) is 6.92 Å². The number of halogens is 4. The molecule has 1 atom stereocenters. The summed E-state index contributed by atoms with van der Waals surface area (Å²) in [5, 5.41) is 3.30. The van der Waals surface area contributed by atoms with Gasteiger partial charge < -0.3 is 10.2 Å². The average Bonchev–Trinajstić information content (AvgIpc) is 2.96. The molecule has 25 heavy (non-hydrogen) atoms. The minimum Gasteiger partial charge on any atom is -0.357 e.